The number of amides is 1. The zero-order valence-electron chi connectivity index (χ0n) is 15.8. The van der Waals surface area contributed by atoms with Crippen molar-refractivity contribution >= 4 is 17.5 Å². The molecule has 1 aromatic heterocycles. The van der Waals surface area contributed by atoms with Crippen molar-refractivity contribution in [2.45, 2.75) is 19.4 Å². The first-order valence-electron chi connectivity index (χ1n) is 8.67. The van der Waals surface area contributed by atoms with Crippen LogP contribution in [0.3, 0.4) is 0 Å². The molecule has 1 N–H and O–H groups in total. The molecule has 0 fully saturated rings. The lowest BCUT2D eigenvalue weighted by Gasteiger charge is -2.29. The van der Waals surface area contributed by atoms with Crippen LogP contribution in [0.2, 0.25) is 5.02 Å². The SMILES string of the molecule is COC(C)(CNC(=O)c1c(-c2ccccc2Cl)noc1C)c1ccccc1F. The first-order chi connectivity index (χ1) is 13.4. The molecule has 1 atom stereocenters. The van der Waals surface area contributed by atoms with E-state index >= 15 is 0 Å². The van der Waals surface area contributed by atoms with Gasteiger partial charge in [-0.3, -0.25) is 4.79 Å². The van der Waals surface area contributed by atoms with Crippen molar-refractivity contribution in [1.82, 2.24) is 10.5 Å². The van der Waals surface area contributed by atoms with Crippen molar-refractivity contribution in [2.75, 3.05) is 13.7 Å². The van der Waals surface area contributed by atoms with Gasteiger partial charge in [0, 0.05) is 18.2 Å². The Bertz CT molecular complexity index is 1000. The molecule has 28 heavy (non-hydrogen) atoms. The first kappa shape index (κ1) is 20.0. The second kappa shape index (κ2) is 8.12. The van der Waals surface area contributed by atoms with Crippen molar-refractivity contribution < 1.29 is 18.4 Å². The smallest absolute Gasteiger partial charge is 0.257 e. The average Bonchev–Trinajstić information content (AvgIpc) is 3.08. The molecule has 3 aromatic rings. The summed E-state index contributed by atoms with van der Waals surface area (Å²) in [5.41, 5.74) is 0.531. The second-order valence-electron chi connectivity index (χ2n) is 6.54. The summed E-state index contributed by atoms with van der Waals surface area (Å²) in [4.78, 5) is 12.9. The van der Waals surface area contributed by atoms with Gasteiger partial charge in [-0.1, -0.05) is 53.2 Å². The summed E-state index contributed by atoms with van der Waals surface area (Å²) < 4.78 is 25.0. The van der Waals surface area contributed by atoms with Crippen molar-refractivity contribution in [3.05, 3.63) is 76.3 Å². The number of ether oxygens (including phenoxy) is 1. The van der Waals surface area contributed by atoms with Crippen LogP contribution in [0.15, 0.2) is 53.1 Å². The molecule has 1 unspecified atom stereocenters. The summed E-state index contributed by atoms with van der Waals surface area (Å²) >= 11 is 6.24. The van der Waals surface area contributed by atoms with Gasteiger partial charge in [0.05, 0.1) is 11.6 Å². The van der Waals surface area contributed by atoms with Crippen LogP contribution in [0.25, 0.3) is 11.3 Å². The molecule has 7 heteroatoms. The number of rotatable bonds is 6. The zero-order valence-corrected chi connectivity index (χ0v) is 16.5. The third kappa shape index (κ3) is 3.79. The molecule has 146 valence electrons. The van der Waals surface area contributed by atoms with Crippen LogP contribution in [-0.4, -0.2) is 24.7 Å². The normalized spacial score (nSPS) is 13.2. The van der Waals surface area contributed by atoms with Crippen LogP contribution in [0.4, 0.5) is 4.39 Å². The standard InChI is InChI=1S/C21H20ClFN2O3/c1-13-18(19(25-28-13)14-8-4-6-10-16(14)22)20(26)24-12-21(2,27-3)15-9-5-7-11-17(15)23/h4-11H,12H2,1-3H3,(H,24,26). The second-order valence-corrected chi connectivity index (χ2v) is 6.95. The molecule has 3 rings (SSSR count). The number of carbonyl (C=O) groups is 1. The molecule has 0 radical (unpaired) electrons. The molecular weight excluding hydrogens is 383 g/mol. The molecule has 0 spiro atoms. The van der Waals surface area contributed by atoms with E-state index in [1.54, 1.807) is 56.3 Å². The predicted octanol–water partition coefficient (Wildman–Crippen LogP) is 4.73. The fourth-order valence-corrected chi connectivity index (χ4v) is 3.21. The van der Waals surface area contributed by atoms with E-state index in [9.17, 15) is 9.18 Å². The first-order valence-corrected chi connectivity index (χ1v) is 9.04. The quantitative estimate of drug-likeness (QED) is 0.647. The van der Waals surface area contributed by atoms with Crippen molar-refractivity contribution in [2.24, 2.45) is 0 Å². The van der Waals surface area contributed by atoms with Gasteiger partial charge in [-0.05, 0) is 26.0 Å². The van der Waals surface area contributed by atoms with Gasteiger partial charge in [0.2, 0.25) is 0 Å². The van der Waals surface area contributed by atoms with Crippen LogP contribution in [0.5, 0.6) is 0 Å². The van der Waals surface area contributed by atoms with Gasteiger partial charge in [0.1, 0.15) is 28.4 Å². The highest BCUT2D eigenvalue weighted by atomic mass is 35.5. The Morgan fingerprint density at radius 3 is 2.61 bits per heavy atom. The molecule has 0 saturated carbocycles. The van der Waals surface area contributed by atoms with E-state index in [0.29, 0.717) is 27.6 Å². The summed E-state index contributed by atoms with van der Waals surface area (Å²) in [5.74, 6) is -0.454. The Morgan fingerprint density at radius 1 is 1.25 bits per heavy atom. The van der Waals surface area contributed by atoms with Gasteiger partial charge < -0.3 is 14.6 Å². The van der Waals surface area contributed by atoms with Crippen LogP contribution in [0.1, 0.15) is 28.6 Å². The molecule has 0 aliphatic rings. The largest absolute Gasteiger partial charge is 0.372 e. The molecule has 0 saturated heterocycles. The molecule has 1 amide bonds. The van der Waals surface area contributed by atoms with Gasteiger partial charge in [-0.25, -0.2) is 4.39 Å². The lowest BCUT2D eigenvalue weighted by Crippen LogP contribution is -2.40. The van der Waals surface area contributed by atoms with E-state index in [4.69, 9.17) is 20.9 Å². The van der Waals surface area contributed by atoms with E-state index < -0.39 is 17.3 Å². The molecule has 0 aliphatic heterocycles. The number of aryl methyl sites for hydroxylation is 1. The monoisotopic (exact) mass is 402 g/mol. The topological polar surface area (TPSA) is 64.4 Å². The highest BCUT2D eigenvalue weighted by molar-refractivity contribution is 6.33. The van der Waals surface area contributed by atoms with Gasteiger partial charge >= 0.3 is 0 Å². The molecule has 0 bridgehead atoms. The Kier molecular flexibility index (Phi) is 5.82. The Morgan fingerprint density at radius 2 is 1.93 bits per heavy atom. The summed E-state index contributed by atoms with van der Waals surface area (Å²) in [6.07, 6.45) is 0. The van der Waals surface area contributed by atoms with E-state index in [0.717, 1.165) is 0 Å². The zero-order chi connectivity index (χ0) is 20.3. The van der Waals surface area contributed by atoms with E-state index in [1.165, 1.54) is 13.2 Å². The minimum Gasteiger partial charge on any atom is -0.372 e. The highest BCUT2D eigenvalue weighted by Crippen LogP contribution is 2.31. The average molecular weight is 403 g/mol. The molecule has 5 nitrogen and oxygen atoms in total. The number of nitrogens with one attached hydrogen (secondary N) is 1. The molecule has 2 aromatic carbocycles. The fraction of sp³-hybridized carbons (Fsp3) is 0.238. The fourth-order valence-electron chi connectivity index (χ4n) is 2.98. The summed E-state index contributed by atoms with van der Waals surface area (Å²) in [6.45, 7) is 3.41. The lowest BCUT2D eigenvalue weighted by atomic mass is 9.94. The number of aromatic nitrogens is 1. The van der Waals surface area contributed by atoms with Gasteiger partial charge in [0.15, 0.2) is 0 Å². The van der Waals surface area contributed by atoms with Gasteiger partial charge in [-0.15, -0.1) is 0 Å². The van der Waals surface area contributed by atoms with Crippen LogP contribution < -0.4 is 5.32 Å². The molecular formula is C21H20ClFN2O3. The van der Waals surface area contributed by atoms with E-state index in [-0.39, 0.29) is 12.1 Å². The number of hydrogen-bond acceptors (Lipinski definition) is 4. The van der Waals surface area contributed by atoms with Crippen LogP contribution >= 0.6 is 11.6 Å². The number of hydrogen-bond donors (Lipinski definition) is 1. The maximum atomic E-state index is 14.2. The number of halogens is 2. The Balaban J connectivity index is 1.87. The predicted molar refractivity (Wildman–Crippen MR) is 105 cm³/mol. The number of methoxy groups -OCH3 is 1. The van der Waals surface area contributed by atoms with E-state index in [1.807, 2.05) is 0 Å². The van der Waals surface area contributed by atoms with Crippen molar-refractivity contribution in [1.29, 1.82) is 0 Å². The number of benzene rings is 2. The number of nitrogens with zero attached hydrogens (tertiary/aromatic N) is 1. The lowest BCUT2D eigenvalue weighted by molar-refractivity contribution is 0.000378. The molecule has 0 aliphatic carbocycles. The molecule has 1 heterocycles. The minimum absolute atomic E-state index is 0.0514. The third-order valence-corrected chi connectivity index (χ3v) is 5.03. The summed E-state index contributed by atoms with van der Waals surface area (Å²) in [7, 11) is 1.47. The third-order valence-electron chi connectivity index (χ3n) is 4.70. The van der Waals surface area contributed by atoms with Crippen LogP contribution in [0, 0.1) is 12.7 Å². The van der Waals surface area contributed by atoms with Gasteiger partial charge in [-0.2, -0.15) is 0 Å². The minimum atomic E-state index is -1.05. The maximum Gasteiger partial charge on any atom is 0.257 e. The van der Waals surface area contributed by atoms with E-state index in [2.05, 4.69) is 10.5 Å². The summed E-state index contributed by atoms with van der Waals surface area (Å²) in [5, 5.41) is 7.25. The van der Waals surface area contributed by atoms with Crippen molar-refractivity contribution in [3.63, 3.8) is 0 Å². The highest BCUT2D eigenvalue weighted by Gasteiger charge is 2.31. The van der Waals surface area contributed by atoms with Crippen molar-refractivity contribution in [3.8, 4) is 11.3 Å². The Labute approximate surface area is 167 Å². The van der Waals surface area contributed by atoms with Gasteiger partial charge in [0.25, 0.3) is 5.91 Å². The summed E-state index contributed by atoms with van der Waals surface area (Å²) in [6, 6.07) is 13.4. The Hall–Kier alpha value is -2.70. The number of carbonyl (C=O) groups excluding carboxylic acids is 1. The maximum absolute atomic E-state index is 14.2. The van der Waals surface area contributed by atoms with Crippen LogP contribution in [-0.2, 0) is 10.3 Å².